The van der Waals surface area contributed by atoms with Gasteiger partial charge in [0.25, 0.3) is 0 Å². The Morgan fingerprint density at radius 1 is 1.15 bits per heavy atom. The van der Waals surface area contributed by atoms with Gasteiger partial charge in [0.05, 0.1) is 5.75 Å². The topological polar surface area (TPSA) is 90.9 Å². The molecule has 0 bridgehead atoms. The summed E-state index contributed by atoms with van der Waals surface area (Å²) < 4.78 is 2.09. The van der Waals surface area contributed by atoms with Gasteiger partial charge in [0.15, 0.2) is 10.9 Å². The number of aromatic nitrogens is 3. The minimum Gasteiger partial charge on any atom is -0.370 e. The number of benzene rings is 1. The van der Waals surface area contributed by atoms with Gasteiger partial charge in [-0.05, 0) is 55.7 Å². The molecule has 142 valence electrons. The molecule has 0 spiro atoms. The molecule has 1 aromatic heterocycles. The van der Waals surface area contributed by atoms with Gasteiger partial charge in [-0.15, -0.1) is 10.2 Å². The zero-order valence-electron chi connectivity index (χ0n) is 15.3. The first kappa shape index (κ1) is 18.2. The van der Waals surface area contributed by atoms with E-state index in [1.165, 1.54) is 35.7 Å². The minimum absolute atomic E-state index is 0.123. The van der Waals surface area contributed by atoms with Crippen molar-refractivity contribution in [1.82, 2.24) is 14.8 Å². The van der Waals surface area contributed by atoms with Crippen molar-refractivity contribution in [2.45, 2.75) is 62.6 Å². The summed E-state index contributed by atoms with van der Waals surface area (Å²) in [5, 5.41) is 9.26. The number of nitrogens with zero attached hydrogens (tertiary/aromatic N) is 3. The van der Waals surface area contributed by atoms with E-state index in [9.17, 15) is 9.59 Å². The molecule has 2 N–H and O–H groups in total. The number of nitrogens with two attached hydrogens (primary N) is 1. The van der Waals surface area contributed by atoms with E-state index in [1.54, 1.807) is 0 Å². The molecule has 0 aliphatic heterocycles. The second-order valence-electron chi connectivity index (χ2n) is 7.37. The van der Waals surface area contributed by atoms with Crippen LogP contribution in [0.3, 0.4) is 0 Å². The van der Waals surface area contributed by atoms with Gasteiger partial charge in [-0.25, -0.2) is 0 Å². The van der Waals surface area contributed by atoms with E-state index in [0.717, 1.165) is 42.2 Å². The lowest BCUT2D eigenvalue weighted by atomic mass is 9.90. The van der Waals surface area contributed by atoms with Crippen LogP contribution in [0, 0.1) is 0 Å². The van der Waals surface area contributed by atoms with Gasteiger partial charge in [-0.1, -0.05) is 23.9 Å². The van der Waals surface area contributed by atoms with Crippen LogP contribution < -0.4 is 5.73 Å². The van der Waals surface area contributed by atoms with Crippen LogP contribution in [0.15, 0.2) is 23.4 Å². The lowest BCUT2D eigenvalue weighted by molar-refractivity contribution is -0.118. The van der Waals surface area contributed by atoms with Crippen molar-refractivity contribution in [1.29, 1.82) is 0 Å². The Bertz CT molecular complexity index is 873. The van der Waals surface area contributed by atoms with Gasteiger partial charge >= 0.3 is 0 Å². The summed E-state index contributed by atoms with van der Waals surface area (Å²) in [5.74, 6) is 0.925. The highest BCUT2D eigenvalue weighted by molar-refractivity contribution is 7.99. The van der Waals surface area contributed by atoms with E-state index >= 15 is 0 Å². The second kappa shape index (κ2) is 7.84. The average Bonchev–Trinajstić information content (AvgIpc) is 3.44. The Balaban J connectivity index is 1.44. The maximum atomic E-state index is 12.7. The predicted molar refractivity (Wildman–Crippen MR) is 104 cm³/mol. The molecule has 2 aromatic rings. The first-order valence-corrected chi connectivity index (χ1v) is 10.6. The molecule has 1 heterocycles. The largest absolute Gasteiger partial charge is 0.370 e. The van der Waals surface area contributed by atoms with Crippen LogP contribution in [0.4, 0.5) is 0 Å². The molecule has 27 heavy (non-hydrogen) atoms. The van der Waals surface area contributed by atoms with Gasteiger partial charge in [0.1, 0.15) is 5.82 Å². The molecule has 2 aliphatic rings. The number of thioether (sulfide) groups is 1. The molecule has 0 atom stereocenters. The van der Waals surface area contributed by atoms with Gasteiger partial charge in [-0.2, -0.15) is 0 Å². The predicted octanol–water partition coefficient (Wildman–Crippen LogP) is 2.88. The van der Waals surface area contributed by atoms with Crippen LogP contribution in [0.1, 0.15) is 65.5 Å². The maximum absolute atomic E-state index is 12.7. The fraction of sp³-hybridized carbons (Fsp3) is 0.500. The van der Waals surface area contributed by atoms with Crippen LogP contribution in [-0.2, 0) is 24.1 Å². The summed E-state index contributed by atoms with van der Waals surface area (Å²) in [4.78, 5) is 23.7. The average molecular weight is 385 g/mol. The third kappa shape index (κ3) is 4.24. The Morgan fingerprint density at radius 3 is 2.67 bits per heavy atom. The number of ketones is 1. The highest BCUT2D eigenvalue weighted by atomic mass is 32.2. The van der Waals surface area contributed by atoms with Crippen molar-refractivity contribution >= 4 is 23.5 Å². The van der Waals surface area contributed by atoms with Crippen molar-refractivity contribution < 1.29 is 9.59 Å². The number of fused-ring (bicyclic) bond motifs is 1. The quantitative estimate of drug-likeness (QED) is 0.558. The summed E-state index contributed by atoms with van der Waals surface area (Å²) in [6.07, 6.45) is 7.59. The van der Waals surface area contributed by atoms with E-state index < -0.39 is 0 Å². The molecule has 1 aromatic carbocycles. The Morgan fingerprint density at radius 2 is 1.93 bits per heavy atom. The summed E-state index contributed by atoms with van der Waals surface area (Å²) in [6, 6.07) is 6.53. The van der Waals surface area contributed by atoms with Crippen molar-refractivity contribution in [3.8, 4) is 0 Å². The summed E-state index contributed by atoms with van der Waals surface area (Å²) in [7, 11) is 0. The molecule has 0 unspecified atom stereocenters. The first-order chi connectivity index (χ1) is 13.1. The van der Waals surface area contributed by atoms with E-state index in [-0.39, 0.29) is 18.1 Å². The van der Waals surface area contributed by atoms with E-state index in [2.05, 4.69) is 26.9 Å². The van der Waals surface area contributed by atoms with Crippen LogP contribution in [0.2, 0.25) is 0 Å². The summed E-state index contributed by atoms with van der Waals surface area (Å²) >= 11 is 1.43. The number of aryl methyl sites for hydroxylation is 3. The molecule has 2 aliphatic carbocycles. The molecule has 1 amide bonds. The smallest absolute Gasteiger partial charge is 0.217 e. The molecule has 4 rings (SSSR count). The van der Waals surface area contributed by atoms with Gasteiger partial charge < -0.3 is 10.3 Å². The van der Waals surface area contributed by atoms with Crippen LogP contribution in [0.5, 0.6) is 0 Å². The van der Waals surface area contributed by atoms with Crippen LogP contribution in [-0.4, -0.2) is 32.2 Å². The monoisotopic (exact) mass is 384 g/mol. The Kier molecular flexibility index (Phi) is 5.29. The molecule has 6 nitrogen and oxygen atoms in total. The lowest BCUT2D eigenvalue weighted by Gasteiger charge is -2.16. The number of carbonyl (C=O) groups excluding carboxylic acids is 2. The Hall–Kier alpha value is -2.15. The number of hydrogen-bond donors (Lipinski definition) is 1. The van der Waals surface area contributed by atoms with Crippen molar-refractivity contribution in [2.24, 2.45) is 5.73 Å². The number of amides is 1. The van der Waals surface area contributed by atoms with E-state index in [4.69, 9.17) is 5.73 Å². The number of rotatable bonds is 8. The van der Waals surface area contributed by atoms with Gasteiger partial charge in [0, 0.05) is 24.4 Å². The third-order valence-electron chi connectivity index (χ3n) is 5.25. The lowest BCUT2D eigenvalue weighted by Crippen LogP contribution is -2.13. The van der Waals surface area contributed by atoms with Crippen LogP contribution >= 0.6 is 11.8 Å². The zero-order chi connectivity index (χ0) is 18.8. The summed E-state index contributed by atoms with van der Waals surface area (Å²) in [6.45, 7) is 0. The molecule has 1 saturated carbocycles. The standard InChI is InChI=1S/C20H24N4O2S/c21-18(26)9-10-19-22-23-20(24(19)16-7-8-16)27-12-17(25)15-6-5-13-3-1-2-4-14(13)11-15/h5-6,11,16H,1-4,7-10,12H2,(H2,21,26). The fourth-order valence-corrected chi connectivity index (χ4v) is 4.55. The van der Waals surface area contributed by atoms with Gasteiger partial charge in [-0.3, -0.25) is 9.59 Å². The second-order valence-corrected chi connectivity index (χ2v) is 8.31. The molecular weight excluding hydrogens is 360 g/mol. The van der Waals surface area contributed by atoms with E-state index in [0.29, 0.717) is 18.2 Å². The number of hydrogen-bond acceptors (Lipinski definition) is 5. The Labute approximate surface area is 162 Å². The third-order valence-corrected chi connectivity index (χ3v) is 6.19. The van der Waals surface area contributed by atoms with Crippen molar-refractivity contribution in [3.05, 3.63) is 40.7 Å². The number of Topliss-reactive ketones (excluding diaryl/α,β-unsaturated/α-hetero) is 1. The van der Waals surface area contributed by atoms with E-state index in [1.807, 2.05) is 6.07 Å². The highest BCUT2D eigenvalue weighted by Crippen LogP contribution is 2.39. The molecule has 1 fully saturated rings. The zero-order valence-corrected chi connectivity index (χ0v) is 16.1. The number of primary amides is 1. The maximum Gasteiger partial charge on any atom is 0.217 e. The first-order valence-electron chi connectivity index (χ1n) is 9.61. The van der Waals surface area contributed by atoms with Crippen molar-refractivity contribution in [2.75, 3.05) is 5.75 Å². The minimum atomic E-state index is -0.336. The normalized spacial score (nSPS) is 16.1. The highest BCUT2D eigenvalue weighted by Gasteiger charge is 2.30. The fourth-order valence-electron chi connectivity index (χ4n) is 3.63. The SMILES string of the molecule is NC(=O)CCc1nnc(SCC(=O)c2ccc3c(c2)CCCC3)n1C1CC1. The number of carbonyl (C=O) groups is 2. The van der Waals surface area contributed by atoms with Crippen molar-refractivity contribution in [3.63, 3.8) is 0 Å². The molecular formula is C20H24N4O2S. The van der Waals surface area contributed by atoms with Gasteiger partial charge in [0.2, 0.25) is 5.91 Å². The van der Waals surface area contributed by atoms with Crippen LogP contribution in [0.25, 0.3) is 0 Å². The summed E-state index contributed by atoms with van der Waals surface area (Å²) in [5.41, 5.74) is 8.75. The molecule has 0 saturated heterocycles. The molecule has 0 radical (unpaired) electrons. The molecule has 7 heteroatoms.